The van der Waals surface area contributed by atoms with Gasteiger partial charge in [0.05, 0.1) is 10.8 Å². The van der Waals surface area contributed by atoms with E-state index in [9.17, 15) is 13.2 Å². The van der Waals surface area contributed by atoms with Gasteiger partial charge < -0.3 is 5.32 Å². The second-order valence-electron chi connectivity index (χ2n) is 5.49. The summed E-state index contributed by atoms with van der Waals surface area (Å²) in [5, 5.41) is 4.56. The lowest BCUT2D eigenvalue weighted by Crippen LogP contribution is -2.42. The third-order valence-corrected chi connectivity index (χ3v) is 5.35. The number of carbonyl (C=O) groups is 1. The standard InChI is InChI=1S/C16H18N2O3S/c19-16(13-7-4-10-17-11-13)18-22(20,21)15-9-3-6-12-5-1-2-8-14(12)15/h1-3,5-6,8-9,13,17H,4,7,10-11H2,(H,18,19). The van der Waals surface area contributed by atoms with Crippen molar-refractivity contribution in [2.75, 3.05) is 13.1 Å². The molecule has 3 rings (SSSR count). The fraction of sp³-hybridized carbons (Fsp3) is 0.312. The molecular weight excluding hydrogens is 300 g/mol. The van der Waals surface area contributed by atoms with E-state index in [0.29, 0.717) is 18.4 Å². The molecule has 0 radical (unpaired) electrons. The number of benzene rings is 2. The Balaban J connectivity index is 1.90. The van der Waals surface area contributed by atoms with Crippen LogP contribution in [0.5, 0.6) is 0 Å². The molecule has 0 aromatic heterocycles. The summed E-state index contributed by atoms with van der Waals surface area (Å²) < 4.78 is 27.3. The summed E-state index contributed by atoms with van der Waals surface area (Å²) >= 11 is 0. The minimum absolute atomic E-state index is 0.141. The first kappa shape index (κ1) is 15.0. The Morgan fingerprint density at radius 3 is 2.68 bits per heavy atom. The highest BCUT2D eigenvalue weighted by Crippen LogP contribution is 2.23. The molecule has 1 unspecified atom stereocenters. The lowest BCUT2D eigenvalue weighted by Gasteiger charge is -2.21. The molecule has 2 N–H and O–H groups in total. The summed E-state index contributed by atoms with van der Waals surface area (Å²) in [4.78, 5) is 12.3. The molecule has 0 saturated carbocycles. The second kappa shape index (κ2) is 6.06. The van der Waals surface area contributed by atoms with Crippen molar-refractivity contribution in [3.8, 4) is 0 Å². The summed E-state index contributed by atoms with van der Waals surface area (Å²) in [6.45, 7) is 1.40. The highest BCUT2D eigenvalue weighted by atomic mass is 32.2. The number of fused-ring (bicyclic) bond motifs is 1. The van der Waals surface area contributed by atoms with Crippen LogP contribution in [0.4, 0.5) is 0 Å². The van der Waals surface area contributed by atoms with Gasteiger partial charge in [-0.2, -0.15) is 0 Å². The quantitative estimate of drug-likeness (QED) is 0.902. The number of amides is 1. The Bertz CT molecular complexity index is 791. The molecule has 1 amide bonds. The van der Waals surface area contributed by atoms with E-state index in [1.165, 1.54) is 6.07 Å². The zero-order chi connectivity index (χ0) is 15.6. The van der Waals surface area contributed by atoms with Gasteiger partial charge >= 0.3 is 0 Å². The zero-order valence-electron chi connectivity index (χ0n) is 12.1. The highest BCUT2D eigenvalue weighted by Gasteiger charge is 2.26. The van der Waals surface area contributed by atoms with Crippen molar-refractivity contribution in [2.45, 2.75) is 17.7 Å². The molecule has 1 atom stereocenters. The van der Waals surface area contributed by atoms with Gasteiger partial charge in [0.2, 0.25) is 5.91 Å². The molecule has 0 aliphatic carbocycles. The number of nitrogens with one attached hydrogen (secondary N) is 2. The first-order valence-corrected chi connectivity index (χ1v) is 8.81. The Hall–Kier alpha value is -1.92. The molecule has 6 heteroatoms. The van der Waals surface area contributed by atoms with E-state index in [2.05, 4.69) is 10.0 Å². The van der Waals surface area contributed by atoms with Gasteiger partial charge in [-0.05, 0) is 30.8 Å². The molecule has 116 valence electrons. The van der Waals surface area contributed by atoms with Crippen LogP contribution < -0.4 is 10.0 Å². The Morgan fingerprint density at radius 1 is 1.14 bits per heavy atom. The van der Waals surface area contributed by atoms with Gasteiger partial charge in [-0.1, -0.05) is 36.4 Å². The predicted octanol–water partition coefficient (Wildman–Crippen LogP) is 1.64. The Kier molecular flexibility index (Phi) is 4.13. The van der Waals surface area contributed by atoms with Crippen molar-refractivity contribution in [3.63, 3.8) is 0 Å². The predicted molar refractivity (Wildman–Crippen MR) is 84.9 cm³/mol. The average molecular weight is 318 g/mol. The van der Waals surface area contributed by atoms with Gasteiger partial charge in [-0.15, -0.1) is 0 Å². The van der Waals surface area contributed by atoms with Crippen LogP contribution in [0, 0.1) is 5.92 Å². The van der Waals surface area contributed by atoms with Gasteiger partial charge in [-0.25, -0.2) is 13.1 Å². The monoisotopic (exact) mass is 318 g/mol. The van der Waals surface area contributed by atoms with Gasteiger partial charge in [-0.3, -0.25) is 4.79 Å². The number of sulfonamides is 1. The summed E-state index contributed by atoms with van der Waals surface area (Å²) in [7, 11) is -3.86. The molecule has 1 aliphatic heterocycles. The molecule has 1 heterocycles. The Labute approximate surface area is 129 Å². The molecule has 22 heavy (non-hydrogen) atoms. The van der Waals surface area contributed by atoms with Crippen molar-refractivity contribution in [2.24, 2.45) is 5.92 Å². The maximum absolute atomic E-state index is 12.5. The highest BCUT2D eigenvalue weighted by molar-refractivity contribution is 7.90. The van der Waals surface area contributed by atoms with E-state index >= 15 is 0 Å². The van der Waals surface area contributed by atoms with Gasteiger partial charge in [0.1, 0.15) is 0 Å². The minimum Gasteiger partial charge on any atom is -0.316 e. The van der Waals surface area contributed by atoms with E-state index in [4.69, 9.17) is 0 Å². The fourth-order valence-corrected chi connectivity index (χ4v) is 4.05. The second-order valence-corrected chi connectivity index (χ2v) is 7.14. The van der Waals surface area contributed by atoms with Crippen molar-refractivity contribution in [1.29, 1.82) is 0 Å². The van der Waals surface area contributed by atoms with Crippen LogP contribution in [-0.4, -0.2) is 27.4 Å². The number of piperidine rings is 1. The van der Waals surface area contributed by atoms with E-state index in [1.807, 2.05) is 18.2 Å². The van der Waals surface area contributed by atoms with Gasteiger partial charge in [0.25, 0.3) is 10.0 Å². The van der Waals surface area contributed by atoms with Crippen LogP contribution >= 0.6 is 0 Å². The summed E-state index contributed by atoms with van der Waals surface area (Å²) in [5.41, 5.74) is 0. The third-order valence-electron chi connectivity index (χ3n) is 3.94. The van der Waals surface area contributed by atoms with Gasteiger partial charge in [0, 0.05) is 11.9 Å². The van der Waals surface area contributed by atoms with Crippen LogP contribution in [0.1, 0.15) is 12.8 Å². The van der Waals surface area contributed by atoms with Crippen LogP contribution in [0.3, 0.4) is 0 Å². The molecular formula is C16H18N2O3S. The maximum Gasteiger partial charge on any atom is 0.264 e. The van der Waals surface area contributed by atoms with Crippen LogP contribution in [0.15, 0.2) is 47.4 Å². The van der Waals surface area contributed by atoms with E-state index in [-0.39, 0.29) is 10.8 Å². The van der Waals surface area contributed by atoms with Crippen LogP contribution in [0.25, 0.3) is 10.8 Å². The number of carbonyl (C=O) groups excluding carboxylic acids is 1. The maximum atomic E-state index is 12.5. The molecule has 1 aliphatic rings. The van der Waals surface area contributed by atoms with E-state index in [0.717, 1.165) is 18.4 Å². The van der Waals surface area contributed by atoms with Crippen molar-refractivity contribution in [3.05, 3.63) is 42.5 Å². The lowest BCUT2D eigenvalue weighted by molar-refractivity contribution is -0.123. The molecule has 5 nitrogen and oxygen atoms in total. The van der Waals surface area contributed by atoms with Crippen molar-refractivity contribution in [1.82, 2.24) is 10.0 Å². The molecule has 2 aromatic carbocycles. The molecule has 1 saturated heterocycles. The minimum atomic E-state index is -3.86. The van der Waals surface area contributed by atoms with E-state index < -0.39 is 15.9 Å². The first-order chi connectivity index (χ1) is 10.6. The molecule has 2 aromatic rings. The number of rotatable bonds is 3. The van der Waals surface area contributed by atoms with Crippen LogP contribution in [0.2, 0.25) is 0 Å². The average Bonchev–Trinajstić information content (AvgIpc) is 2.54. The van der Waals surface area contributed by atoms with Crippen molar-refractivity contribution >= 4 is 26.7 Å². The summed E-state index contributed by atoms with van der Waals surface area (Å²) in [6, 6.07) is 12.3. The smallest absolute Gasteiger partial charge is 0.264 e. The first-order valence-electron chi connectivity index (χ1n) is 7.33. The SMILES string of the molecule is O=C(NS(=O)(=O)c1cccc2ccccc12)C1CCCNC1. The zero-order valence-corrected chi connectivity index (χ0v) is 12.9. The number of hydrogen-bond donors (Lipinski definition) is 2. The number of hydrogen-bond acceptors (Lipinski definition) is 4. The molecule has 1 fully saturated rings. The summed E-state index contributed by atoms with van der Waals surface area (Å²) in [6.07, 6.45) is 1.59. The van der Waals surface area contributed by atoms with Crippen molar-refractivity contribution < 1.29 is 13.2 Å². The topological polar surface area (TPSA) is 75.3 Å². The normalized spacial score (nSPS) is 19.0. The third kappa shape index (κ3) is 2.98. The van der Waals surface area contributed by atoms with Gasteiger partial charge in [0.15, 0.2) is 0 Å². The Morgan fingerprint density at radius 2 is 1.91 bits per heavy atom. The lowest BCUT2D eigenvalue weighted by atomic mass is 9.99. The fourth-order valence-electron chi connectivity index (χ4n) is 2.78. The molecule has 0 bridgehead atoms. The van der Waals surface area contributed by atoms with E-state index in [1.54, 1.807) is 18.2 Å². The largest absolute Gasteiger partial charge is 0.316 e. The summed E-state index contributed by atoms with van der Waals surface area (Å²) in [5.74, 6) is -0.723. The van der Waals surface area contributed by atoms with Crippen LogP contribution in [-0.2, 0) is 14.8 Å². The molecule has 0 spiro atoms.